The lowest BCUT2D eigenvalue weighted by Gasteiger charge is -2.32. The van der Waals surface area contributed by atoms with Crippen LogP contribution in [0.4, 0.5) is 0 Å². The van der Waals surface area contributed by atoms with E-state index in [-0.39, 0.29) is 6.04 Å². The second-order valence-corrected chi connectivity index (χ2v) is 5.44. The first-order chi connectivity index (χ1) is 8.18. The van der Waals surface area contributed by atoms with Crippen molar-refractivity contribution in [3.05, 3.63) is 16.1 Å². The average molecular weight is 254 g/mol. The summed E-state index contributed by atoms with van der Waals surface area (Å²) in [7, 11) is 0. The van der Waals surface area contributed by atoms with Crippen LogP contribution in [0, 0.1) is 6.92 Å². The van der Waals surface area contributed by atoms with Crippen molar-refractivity contribution in [3.8, 4) is 0 Å². The number of carbonyl (C=O) groups is 1. The van der Waals surface area contributed by atoms with Crippen molar-refractivity contribution >= 4 is 17.3 Å². The standard InChI is InChI=1S/C12H18N2O2S/c1-9-11(17-8-13-9)5-7-14-6-3-2-4-10(14)12(15)16/h8,10H,2-7H2,1H3,(H,15,16). The van der Waals surface area contributed by atoms with Crippen LogP contribution in [0.2, 0.25) is 0 Å². The molecule has 1 aliphatic rings. The molecule has 1 N–H and O–H groups in total. The van der Waals surface area contributed by atoms with Gasteiger partial charge in [0.15, 0.2) is 0 Å². The summed E-state index contributed by atoms with van der Waals surface area (Å²) in [6.07, 6.45) is 3.86. The Morgan fingerprint density at radius 3 is 3.12 bits per heavy atom. The summed E-state index contributed by atoms with van der Waals surface area (Å²) in [5, 5.41) is 9.17. The number of rotatable bonds is 4. The smallest absolute Gasteiger partial charge is 0.320 e. The highest BCUT2D eigenvalue weighted by Crippen LogP contribution is 2.19. The van der Waals surface area contributed by atoms with Gasteiger partial charge in [-0.3, -0.25) is 9.69 Å². The van der Waals surface area contributed by atoms with Crippen LogP contribution in [0.1, 0.15) is 29.8 Å². The van der Waals surface area contributed by atoms with Crippen molar-refractivity contribution in [2.24, 2.45) is 0 Å². The predicted molar refractivity (Wildman–Crippen MR) is 67.4 cm³/mol. The molecule has 17 heavy (non-hydrogen) atoms. The number of thiazole rings is 1. The summed E-state index contributed by atoms with van der Waals surface area (Å²) in [4.78, 5) is 18.7. The molecule has 1 unspecified atom stereocenters. The van der Waals surface area contributed by atoms with Crippen molar-refractivity contribution < 1.29 is 9.90 Å². The summed E-state index contributed by atoms with van der Waals surface area (Å²) >= 11 is 1.66. The lowest BCUT2D eigenvalue weighted by Crippen LogP contribution is -2.45. The summed E-state index contributed by atoms with van der Waals surface area (Å²) in [6.45, 7) is 3.76. The molecule has 2 heterocycles. The van der Waals surface area contributed by atoms with Gasteiger partial charge in [0, 0.05) is 11.4 Å². The molecule has 1 aromatic rings. The van der Waals surface area contributed by atoms with Crippen molar-refractivity contribution in [1.29, 1.82) is 0 Å². The maximum Gasteiger partial charge on any atom is 0.320 e. The fourth-order valence-corrected chi connectivity index (χ4v) is 3.12. The number of carboxylic acids is 1. The number of aryl methyl sites for hydroxylation is 1. The van der Waals surface area contributed by atoms with Crippen molar-refractivity contribution in [2.45, 2.75) is 38.6 Å². The third-order valence-corrected chi connectivity index (χ3v) is 4.36. The first-order valence-electron chi connectivity index (χ1n) is 6.04. The summed E-state index contributed by atoms with van der Waals surface area (Å²) < 4.78 is 0. The van der Waals surface area contributed by atoms with Gasteiger partial charge in [0.25, 0.3) is 0 Å². The van der Waals surface area contributed by atoms with E-state index < -0.39 is 5.97 Å². The van der Waals surface area contributed by atoms with Crippen LogP contribution in [0.25, 0.3) is 0 Å². The molecule has 0 aliphatic carbocycles. The molecule has 2 rings (SSSR count). The van der Waals surface area contributed by atoms with Gasteiger partial charge in [0.1, 0.15) is 6.04 Å². The number of hydrogen-bond acceptors (Lipinski definition) is 4. The van der Waals surface area contributed by atoms with E-state index in [0.717, 1.165) is 44.5 Å². The molecule has 1 aromatic heterocycles. The highest BCUT2D eigenvalue weighted by Gasteiger charge is 2.27. The molecule has 5 heteroatoms. The Hall–Kier alpha value is -0.940. The summed E-state index contributed by atoms with van der Waals surface area (Å²) in [5.74, 6) is -0.675. The summed E-state index contributed by atoms with van der Waals surface area (Å²) in [5.41, 5.74) is 2.94. The van der Waals surface area contributed by atoms with Crippen molar-refractivity contribution in [1.82, 2.24) is 9.88 Å². The third kappa shape index (κ3) is 3.04. The fourth-order valence-electron chi connectivity index (χ4n) is 2.35. The topological polar surface area (TPSA) is 53.4 Å². The molecule has 0 saturated carbocycles. The van der Waals surface area contributed by atoms with E-state index in [1.54, 1.807) is 11.3 Å². The Labute approximate surface area is 105 Å². The van der Waals surface area contributed by atoms with Gasteiger partial charge in [-0.2, -0.15) is 0 Å². The number of likely N-dealkylation sites (tertiary alicyclic amines) is 1. The van der Waals surface area contributed by atoms with E-state index in [1.807, 2.05) is 12.4 Å². The molecule has 1 fully saturated rings. The van der Waals surface area contributed by atoms with Gasteiger partial charge in [0.2, 0.25) is 0 Å². The second kappa shape index (κ2) is 5.60. The molecular formula is C12H18N2O2S. The van der Waals surface area contributed by atoms with E-state index in [1.165, 1.54) is 4.88 Å². The Morgan fingerprint density at radius 2 is 2.47 bits per heavy atom. The molecule has 0 spiro atoms. The minimum absolute atomic E-state index is 0.281. The largest absolute Gasteiger partial charge is 0.480 e. The number of aliphatic carboxylic acids is 1. The normalized spacial score (nSPS) is 21.6. The minimum atomic E-state index is -0.675. The number of piperidine rings is 1. The van der Waals surface area contributed by atoms with Crippen LogP contribution in [0.15, 0.2) is 5.51 Å². The van der Waals surface area contributed by atoms with E-state index in [4.69, 9.17) is 5.11 Å². The quantitative estimate of drug-likeness (QED) is 0.892. The minimum Gasteiger partial charge on any atom is -0.480 e. The number of aromatic nitrogens is 1. The Bertz CT molecular complexity index is 392. The monoisotopic (exact) mass is 254 g/mol. The van der Waals surface area contributed by atoms with Gasteiger partial charge in [-0.1, -0.05) is 6.42 Å². The lowest BCUT2D eigenvalue weighted by atomic mass is 10.0. The molecule has 1 saturated heterocycles. The zero-order valence-corrected chi connectivity index (χ0v) is 10.9. The van der Waals surface area contributed by atoms with Gasteiger partial charge < -0.3 is 5.11 Å². The lowest BCUT2D eigenvalue weighted by molar-refractivity contribution is -0.144. The molecule has 0 aromatic carbocycles. The molecule has 0 amide bonds. The molecule has 1 aliphatic heterocycles. The number of nitrogens with zero attached hydrogens (tertiary/aromatic N) is 2. The van der Waals surface area contributed by atoms with Gasteiger partial charge in [0.05, 0.1) is 11.2 Å². The number of hydrogen-bond donors (Lipinski definition) is 1. The SMILES string of the molecule is Cc1ncsc1CCN1CCCCC1C(=O)O. The van der Waals surface area contributed by atoms with Crippen LogP contribution < -0.4 is 0 Å². The Balaban J connectivity index is 1.92. The second-order valence-electron chi connectivity index (χ2n) is 4.50. The summed E-state index contributed by atoms with van der Waals surface area (Å²) in [6, 6.07) is -0.281. The maximum atomic E-state index is 11.1. The molecule has 0 bridgehead atoms. The fraction of sp³-hybridized carbons (Fsp3) is 0.667. The highest BCUT2D eigenvalue weighted by molar-refractivity contribution is 7.09. The number of carboxylic acid groups (broad SMARTS) is 1. The van der Waals surface area contributed by atoms with Gasteiger partial charge >= 0.3 is 5.97 Å². The highest BCUT2D eigenvalue weighted by atomic mass is 32.1. The first kappa shape index (κ1) is 12.5. The Kier molecular flexibility index (Phi) is 4.12. The predicted octanol–water partition coefficient (Wildman–Crippen LogP) is 1.93. The molecule has 1 atom stereocenters. The van der Waals surface area contributed by atoms with Crippen LogP contribution in [0.3, 0.4) is 0 Å². The third-order valence-electron chi connectivity index (χ3n) is 3.37. The van der Waals surface area contributed by atoms with Gasteiger partial charge in [-0.15, -0.1) is 11.3 Å². The molecular weight excluding hydrogens is 236 g/mol. The zero-order valence-electron chi connectivity index (χ0n) is 10.1. The van der Waals surface area contributed by atoms with Crippen molar-refractivity contribution in [3.63, 3.8) is 0 Å². The van der Waals surface area contributed by atoms with Crippen LogP contribution >= 0.6 is 11.3 Å². The maximum absolute atomic E-state index is 11.1. The van der Waals surface area contributed by atoms with Crippen molar-refractivity contribution in [2.75, 3.05) is 13.1 Å². The van der Waals surface area contributed by atoms with Crippen LogP contribution in [-0.2, 0) is 11.2 Å². The van der Waals surface area contributed by atoms with Crippen LogP contribution in [0.5, 0.6) is 0 Å². The van der Waals surface area contributed by atoms with Crippen LogP contribution in [-0.4, -0.2) is 40.1 Å². The van der Waals surface area contributed by atoms with E-state index >= 15 is 0 Å². The van der Waals surface area contributed by atoms with E-state index in [0.29, 0.717) is 0 Å². The Morgan fingerprint density at radius 1 is 1.65 bits per heavy atom. The van der Waals surface area contributed by atoms with E-state index in [9.17, 15) is 4.79 Å². The van der Waals surface area contributed by atoms with Gasteiger partial charge in [-0.25, -0.2) is 4.98 Å². The van der Waals surface area contributed by atoms with Gasteiger partial charge in [-0.05, 0) is 32.7 Å². The first-order valence-corrected chi connectivity index (χ1v) is 6.92. The van der Waals surface area contributed by atoms with E-state index in [2.05, 4.69) is 9.88 Å². The molecule has 94 valence electrons. The zero-order chi connectivity index (χ0) is 12.3. The molecule has 0 radical (unpaired) electrons. The average Bonchev–Trinajstić information content (AvgIpc) is 2.72. The molecule has 4 nitrogen and oxygen atoms in total.